The van der Waals surface area contributed by atoms with Gasteiger partial charge in [-0.15, -0.1) is 0 Å². The van der Waals surface area contributed by atoms with Crippen LogP contribution in [0.25, 0.3) is 5.65 Å². The number of benzene rings is 1. The quantitative estimate of drug-likeness (QED) is 0.715. The number of pyridine rings is 1. The molecule has 1 amide bonds. The summed E-state index contributed by atoms with van der Waals surface area (Å²) in [6.45, 7) is 7.36. The van der Waals surface area contributed by atoms with Crippen LogP contribution >= 0.6 is 0 Å². The van der Waals surface area contributed by atoms with E-state index in [4.69, 9.17) is 4.98 Å². The number of amides is 1. The van der Waals surface area contributed by atoms with Crippen LogP contribution in [0.4, 0.5) is 0 Å². The van der Waals surface area contributed by atoms with Gasteiger partial charge < -0.3 is 4.90 Å². The van der Waals surface area contributed by atoms with Crippen LogP contribution in [0.3, 0.4) is 0 Å². The molecule has 0 aliphatic heterocycles. The van der Waals surface area contributed by atoms with E-state index >= 15 is 0 Å². The minimum atomic E-state index is 0.0382. The average Bonchev–Trinajstić information content (AvgIpc) is 3.00. The molecular formula is C20H23N3O. The smallest absolute Gasteiger partial charge is 0.273 e. The number of fused-ring (bicyclic) bond motifs is 1. The van der Waals surface area contributed by atoms with Gasteiger partial charge in [-0.05, 0) is 37.5 Å². The Hall–Kier alpha value is -2.62. The predicted molar refractivity (Wildman–Crippen MR) is 96.2 cm³/mol. The molecule has 124 valence electrons. The Morgan fingerprint density at radius 3 is 2.54 bits per heavy atom. The molecular weight excluding hydrogens is 298 g/mol. The summed E-state index contributed by atoms with van der Waals surface area (Å²) in [5.74, 6) is 0.0382. The maximum atomic E-state index is 13.2. The van der Waals surface area contributed by atoms with Gasteiger partial charge in [0.2, 0.25) is 0 Å². The van der Waals surface area contributed by atoms with Crippen molar-refractivity contribution in [1.82, 2.24) is 14.3 Å². The molecule has 0 saturated carbocycles. The van der Waals surface area contributed by atoms with E-state index in [-0.39, 0.29) is 5.91 Å². The van der Waals surface area contributed by atoms with Gasteiger partial charge >= 0.3 is 0 Å². The first-order chi connectivity index (χ1) is 11.7. The maximum Gasteiger partial charge on any atom is 0.273 e. The van der Waals surface area contributed by atoms with E-state index < -0.39 is 0 Å². The third-order valence-corrected chi connectivity index (χ3v) is 4.34. The number of rotatable bonds is 5. The van der Waals surface area contributed by atoms with Gasteiger partial charge in [-0.2, -0.15) is 0 Å². The highest BCUT2D eigenvalue weighted by atomic mass is 16.2. The second-order valence-electron chi connectivity index (χ2n) is 5.95. The summed E-state index contributed by atoms with van der Waals surface area (Å²) >= 11 is 0. The molecule has 1 aromatic carbocycles. The molecule has 3 rings (SSSR count). The Balaban J connectivity index is 2.02. The summed E-state index contributed by atoms with van der Waals surface area (Å²) in [5, 5.41) is 0. The zero-order valence-corrected chi connectivity index (χ0v) is 14.5. The fourth-order valence-corrected chi connectivity index (χ4v) is 3.00. The van der Waals surface area contributed by atoms with Gasteiger partial charge in [0.15, 0.2) is 0 Å². The summed E-state index contributed by atoms with van der Waals surface area (Å²) < 4.78 is 1.93. The lowest BCUT2D eigenvalue weighted by molar-refractivity contribution is 0.0744. The lowest BCUT2D eigenvalue weighted by Gasteiger charge is -2.21. The van der Waals surface area contributed by atoms with Gasteiger partial charge in [-0.25, -0.2) is 4.98 Å². The normalized spacial score (nSPS) is 11.0. The molecule has 2 heterocycles. The zero-order chi connectivity index (χ0) is 17.1. The number of hydrogen-bond acceptors (Lipinski definition) is 2. The molecule has 24 heavy (non-hydrogen) atoms. The van der Waals surface area contributed by atoms with Gasteiger partial charge in [0.05, 0.1) is 5.69 Å². The molecule has 0 unspecified atom stereocenters. The predicted octanol–water partition coefficient (Wildman–Crippen LogP) is 3.87. The fourth-order valence-electron chi connectivity index (χ4n) is 3.00. The molecule has 0 aliphatic carbocycles. The number of hydrogen-bond donors (Lipinski definition) is 0. The lowest BCUT2D eigenvalue weighted by atomic mass is 10.2. The standard InChI is InChI=1S/C20H23N3O/c1-4-17-18(23-13-9-10-15(3)19(23)21-17)20(24)22(5-2)14-16-11-7-6-8-12-16/h6-13H,4-5,14H2,1-3H3. The molecule has 0 fully saturated rings. The van der Waals surface area contributed by atoms with E-state index in [1.165, 1.54) is 0 Å². The molecule has 0 spiro atoms. The Labute approximate surface area is 142 Å². The highest BCUT2D eigenvalue weighted by molar-refractivity contribution is 5.95. The summed E-state index contributed by atoms with van der Waals surface area (Å²) in [7, 11) is 0. The Kier molecular flexibility index (Phi) is 4.65. The highest BCUT2D eigenvalue weighted by Gasteiger charge is 2.23. The largest absolute Gasteiger partial charge is 0.333 e. The number of carbonyl (C=O) groups excluding carboxylic acids is 1. The second-order valence-corrected chi connectivity index (χ2v) is 5.95. The Morgan fingerprint density at radius 1 is 1.12 bits per heavy atom. The Morgan fingerprint density at radius 2 is 1.88 bits per heavy atom. The van der Waals surface area contributed by atoms with Crippen LogP contribution in [0.2, 0.25) is 0 Å². The SMILES string of the molecule is CCc1nc2c(C)cccn2c1C(=O)N(CC)Cc1ccccc1. The van der Waals surface area contributed by atoms with E-state index in [0.29, 0.717) is 18.8 Å². The second kappa shape index (κ2) is 6.87. The van der Waals surface area contributed by atoms with Crippen LogP contribution in [-0.2, 0) is 13.0 Å². The molecule has 0 N–H and O–H groups in total. The van der Waals surface area contributed by atoms with Gasteiger partial charge in [-0.3, -0.25) is 9.20 Å². The number of imidazole rings is 1. The molecule has 3 aromatic rings. The Bertz CT molecular complexity index is 852. The summed E-state index contributed by atoms with van der Waals surface area (Å²) in [6.07, 6.45) is 2.67. The molecule has 0 bridgehead atoms. The fraction of sp³-hybridized carbons (Fsp3) is 0.300. The topological polar surface area (TPSA) is 37.6 Å². The van der Waals surface area contributed by atoms with E-state index in [1.54, 1.807) is 0 Å². The molecule has 4 heteroatoms. The molecule has 2 aromatic heterocycles. The molecule has 0 atom stereocenters. The molecule has 0 aliphatic rings. The monoisotopic (exact) mass is 321 g/mol. The van der Waals surface area contributed by atoms with Crippen molar-refractivity contribution in [1.29, 1.82) is 0 Å². The van der Waals surface area contributed by atoms with E-state index in [2.05, 4.69) is 12.1 Å². The summed E-state index contributed by atoms with van der Waals surface area (Å²) in [6, 6.07) is 14.1. The average molecular weight is 321 g/mol. The van der Waals surface area contributed by atoms with Crippen molar-refractivity contribution in [2.75, 3.05) is 6.54 Å². The minimum Gasteiger partial charge on any atom is -0.333 e. The molecule has 4 nitrogen and oxygen atoms in total. The lowest BCUT2D eigenvalue weighted by Crippen LogP contribution is -2.32. The van der Waals surface area contributed by atoms with Crippen molar-refractivity contribution in [2.24, 2.45) is 0 Å². The van der Waals surface area contributed by atoms with E-state index in [9.17, 15) is 4.79 Å². The van der Waals surface area contributed by atoms with Crippen LogP contribution in [0.5, 0.6) is 0 Å². The van der Waals surface area contributed by atoms with Crippen molar-refractivity contribution < 1.29 is 4.79 Å². The van der Waals surface area contributed by atoms with Crippen molar-refractivity contribution >= 4 is 11.6 Å². The van der Waals surface area contributed by atoms with Crippen molar-refractivity contribution in [2.45, 2.75) is 33.7 Å². The van der Waals surface area contributed by atoms with E-state index in [0.717, 1.165) is 28.9 Å². The van der Waals surface area contributed by atoms with Crippen LogP contribution in [-0.4, -0.2) is 26.7 Å². The van der Waals surface area contributed by atoms with Crippen LogP contribution < -0.4 is 0 Å². The number of nitrogens with zero attached hydrogens (tertiary/aromatic N) is 3. The van der Waals surface area contributed by atoms with Crippen molar-refractivity contribution in [3.63, 3.8) is 0 Å². The first-order valence-corrected chi connectivity index (χ1v) is 8.45. The zero-order valence-electron chi connectivity index (χ0n) is 14.5. The van der Waals surface area contributed by atoms with Gasteiger partial charge in [0.25, 0.3) is 5.91 Å². The third kappa shape index (κ3) is 2.92. The molecule has 0 saturated heterocycles. The third-order valence-electron chi connectivity index (χ3n) is 4.34. The van der Waals surface area contributed by atoms with Crippen LogP contribution in [0.15, 0.2) is 48.7 Å². The number of aryl methyl sites for hydroxylation is 2. The van der Waals surface area contributed by atoms with Gasteiger partial charge in [0.1, 0.15) is 11.3 Å². The maximum absolute atomic E-state index is 13.2. The van der Waals surface area contributed by atoms with Crippen LogP contribution in [0, 0.1) is 6.92 Å². The number of aromatic nitrogens is 2. The van der Waals surface area contributed by atoms with Gasteiger partial charge in [-0.1, -0.05) is 43.3 Å². The minimum absolute atomic E-state index is 0.0382. The first kappa shape index (κ1) is 16.2. The van der Waals surface area contributed by atoms with Gasteiger partial charge in [0, 0.05) is 19.3 Å². The first-order valence-electron chi connectivity index (χ1n) is 8.45. The van der Waals surface area contributed by atoms with E-state index in [1.807, 2.05) is 66.6 Å². The summed E-state index contributed by atoms with van der Waals surface area (Å²) in [4.78, 5) is 19.8. The van der Waals surface area contributed by atoms with Crippen LogP contribution in [0.1, 0.15) is 41.2 Å². The molecule has 0 radical (unpaired) electrons. The van der Waals surface area contributed by atoms with Crippen molar-refractivity contribution in [3.8, 4) is 0 Å². The number of carbonyl (C=O) groups is 1. The van der Waals surface area contributed by atoms with Crippen molar-refractivity contribution in [3.05, 3.63) is 71.2 Å². The highest BCUT2D eigenvalue weighted by Crippen LogP contribution is 2.19. The summed E-state index contributed by atoms with van der Waals surface area (Å²) in [5.41, 5.74) is 4.64.